The molecule has 1 fully saturated rings. The molecule has 1 saturated heterocycles. The third-order valence-corrected chi connectivity index (χ3v) is 4.18. The van der Waals surface area contributed by atoms with E-state index in [0.29, 0.717) is 0 Å². The second-order valence-electron chi connectivity index (χ2n) is 5.75. The molecule has 2 heterocycles. The molecule has 0 amide bonds. The molecule has 1 aliphatic heterocycles. The molecule has 3 rings (SSSR count). The number of nitrogens with zero attached hydrogens (tertiary/aromatic N) is 3. The van der Waals surface area contributed by atoms with Gasteiger partial charge in [0.1, 0.15) is 5.82 Å². The van der Waals surface area contributed by atoms with Gasteiger partial charge in [0.15, 0.2) is 0 Å². The van der Waals surface area contributed by atoms with Gasteiger partial charge in [0, 0.05) is 38.9 Å². The minimum atomic E-state index is 1.07. The number of rotatable bonds is 4. The highest BCUT2D eigenvalue weighted by Gasteiger charge is 2.17. The van der Waals surface area contributed by atoms with Crippen LogP contribution in [0.1, 0.15) is 11.1 Å². The van der Waals surface area contributed by atoms with E-state index < -0.39 is 0 Å². The predicted molar refractivity (Wildman–Crippen MR) is 87.8 cm³/mol. The zero-order valence-corrected chi connectivity index (χ0v) is 12.7. The fourth-order valence-corrected chi connectivity index (χ4v) is 2.78. The summed E-state index contributed by atoms with van der Waals surface area (Å²) in [6, 6.07) is 15.0. The van der Waals surface area contributed by atoms with Crippen molar-refractivity contribution in [2.45, 2.75) is 13.3 Å². The maximum absolute atomic E-state index is 4.44. The SMILES string of the molecule is Cc1ccc(CCN2CCN(c3ccccn3)CC2)cc1. The van der Waals surface area contributed by atoms with Gasteiger partial charge in [-0.2, -0.15) is 0 Å². The number of pyridine rings is 1. The van der Waals surface area contributed by atoms with Crippen LogP contribution in [0.2, 0.25) is 0 Å². The molecule has 0 atom stereocenters. The minimum Gasteiger partial charge on any atom is -0.354 e. The number of anilines is 1. The van der Waals surface area contributed by atoms with Crippen LogP contribution in [0.5, 0.6) is 0 Å². The van der Waals surface area contributed by atoms with E-state index in [-0.39, 0.29) is 0 Å². The molecule has 0 radical (unpaired) electrons. The van der Waals surface area contributed by atoms with Gasteiger partial charge >= 0.3 is 0 Å². The standard InChI is InChI=1S/C18H23N3/c1-16-5-7-17(8-6-16)9-11-20-12-14-21(15-13-20)18-4-2-3-10-19-18/h2-8,10H,9,11-15H2,1H3. The topological polar surface area (TPSA) is 19.4 Å². The zero-order chi connectivity index (χ0) is 14.5. The number of piperazine rings is 1. The van der Waals surface area contributed by atoms with Gasteiger partial charge in [-0.25, -0.2) is 4.98 Å². The second kappa shape index (κ2) is 6.72. The average molecular weight is 281 g/mol. The van der Waals surface area contributed by atoms with Crippen LogP contribution in [-0.4, -0.2) is 42.6 Å². The summed E-state index contributed by atoms with van der Waals surface area (Å²) in [6.07, 6.45) is 3.02. The van der Waals surface area contributed by atoms with Crippen LogP contribution >= 0.6 is 0 Å². The summed E-state index contributed by atoms with van der Waals surface area (Å²) in [5.74, 6) is 1.11. The Kier molecular flexibility index (Phi) is 4.51. The van der Waals surface area contributed by atoms with Crippen molar-refractivity contribution in [3.63, 3.8) is 0 Å². The van der Waals surface area contributed by atoms with E-state index in [0.717, 1.165) is 45.0 Å². The van der Waals surface area contributed by atoms with Crippen molar-refractivity contribution in [2.24, 2.45) is 0 Å². The Bertz CT molecular complexity index is 542. The highest BCUT2D eigenvalue weighted by molar-refractivity contribution is 5.38. The van der Waals surface area contributed by atoms with Gasteiger partial charge in [0.05, 0.1) is 0 Å². The molecule has 0 N–H and O–H groups in total. The Morgan fingerprint density at radius 1 is 0.952 bits per heavy atom. The molecule has 0 saturated carbocycles. The second-order valence-corrected chi connectivity index (χ2v) is 5.75. The van der Waals surface area contributed by atoms with Gasteiger partial charge in [-0.1, -0.05) is 35.9 Å². The van der Waals surface area contributed by atoms with Crippen molar-refractivity contribution in [2.75, 3.05) is 37.6 Å². The Morgan fingerprint density at radius 2 is 1.71 bits per heavy atom. The first kappa shape index (κ1) is 14.1. The summed E-state index contributed by atoms with van der Waals surface area (Å²) in [7, 11) is 0. The first-order valence-corrected chi connectivity index (χ1v) is 7.75. The number of hydrogen-bond acceptors (Lipinski definition) is 3. The highest BCUT2D eigenvalue weighted by Crippen LogP contribution is 2.13. The third-order valence-electron chi connectivity index (χ3n) is 4.18. The van der Waals surface area contributed by atoms with Crippen LogP contribution in [0.4, 0.5) is 5.82 Å². The Hall–Kier alpha value is -1.87. The Balaban J connectivity index is 1.47. The van der Waals surface area contributed by atoms with Crippen LogP contribution < -0.4 is 4.90 Å². The van der Waals surface area contributed by atoms with Gasteiger partial charge in [0.2, 0.25) is 0 Å². The molecule has 1 aromatic heterocycles. The summed E-state index contributed by atoms with van der Waals surface area (Å²) in [5.41, 5.74) is 2.77. The smallest absolute Gasteiger partial charge is 0.128 e. The summed E-state index contributed by atoms with van der Waals surface area (Å²) in [6.45, 7) is 7.69. The molecule has 0 unspecified atom stereocenters. The maximum atomic E-state index is 4.44. The molecule has 3 nitrogen and oxygen atoms in total. The molecular weight excluding hydrogens is 258 g/mol. The predicted octanol–water partition coefficient (Wildman–Crippen LogP) is 2.75. The number of aromatic nitrogens is 1. The van der Waals surface area contributed by atoms with Crippen molar-refractivity contribution in [3.8, 4) is 0 Å². The summed E-state index contributed by atoms with van der Waals surface area (Å²) in [5, 5.41) is 0. The first-order chi connectivity index (χ1) is 10.3. The van der Waals surface area contributed by atoms with E-state index in [9.17, 15) is 0 Å². The summed E-state index contributed by atoms with van der Waals surface area (Å²) in [4.78, 5) is 9.37. The number of hydrogen-bond donors (Lipinski definition) is 0. The van der Waals surface area contributed by atoms with Gasteiger partial charge in [0.25, 0.3) is 0 Å². The Labute approximate surface area is 127 Å². The summed E-state index contributed by atoms with van der Waals surface area (Å²) < 4.78 is 0. The molecule has 0 aliphatic carbocycles. The van der Waals surface area contributed by atoms with E-state index in [1.807, 2.05) is 12.3 Å². The van der Waals surface area contributed by atoms with E-state index >= 15 is 0 Å². The van der Waals surface area contributed by atoms with E-state index in [1.54, 1.807) is 0 Å². The van der Waals surface area contributed by atoms with Crippen LogP contribution in [0.15, 0.2) is 48.7 Å². The maximum Gasteiger partial charge on any atom is 0.128 e. The van der Waals surface area contributed by atoms with E-state index in [1.165, 1.54) is 11.1 Å². The van der Waals surface area contributed by atoms with Crippen LogP contribution in [0, 0.1) is 6.92 Å². The van der Waals surface area contributed by atoms with Crippen molar-refractivity contribution >= 4 is 5.82 Å². The van der Waals surface area contributed by atoms with Gasteiger partial charge in [-0.15, -0.1) is 0 Å². The van der Waals surface area contributed by atoms with Crippen LogP contribution in [0.25, 0.3) is 0 Å². The van der Waals surface area contributed by atoms with Crippen molar-refractivity contribution in [3.05, 3.63) is 59.8 Å². The van der Waals surface area contributed by atoms with E-state index in [2.05, 4.69) is 58.1 Å². The molecule has 3 heteroatoms. The molecule has 0 spiro atoms. The third kappa shape index (κ3) is 3.82. The van der Waals surface area contributed by atoms with E-state index in [4.69, 9.17) is 0 Å². The molecule has 110 valence electrons. The van der Waals surface area contributed by atoms with Gasteiger partial charge < -0.3 is 4.90 Å². The van der Waals surface area contributed by atoms with Gasteiger partial charge in [-0.3, -0.25) is 4.90 Å². The molecule has 21 heavy (non-hydrogen) atoms. The largest absolute Gasteiger partial charge is 0.354 e. The lowest BCUT2D eigenvalue weighted by Gasteiger charge is -2.35. The first-order valence-electron chi connectivity index (χ1n) is 7.75. The molecule has 1 aromatic carbocycles. The lowest BCUT2D eigenvalue weighted by atomic mass is 10.1. The molecule has 0 bridgehead atoms. The summed E-state index contributed by atoms with van der Waals surface area (Å²) >= 11 is 0. The average Bonchev–Trinajstić information content (AvgIpc) is 2.56. The van der Waals surface area contributed by atoms with Crippen molar-refractivity contribution < 1.29 is 0 Å². The normalized spacial score (nSPS) is 16.1. The van der Waals surface area contributed by atoms with Gasteiger partial charge in [-0.05, 0) is 31.0 Å². The number of benzene rings is 1. The molecule has 2 aromatic rings. The number of aryl methyl sites for hydroxylation is 1. The fraction of sp³-hybridized carbons (Fsp3) is 0.389. The highest BCUT2D eigenvalue weighted by atomic mass is 15.3. The minimum absolute atomic E-state index is 1.07. The van der Waals surface area contributed by atoms with Crippen LogP contribution in [0.3, 0.4) is 0 Å². The van der Waals surface area contributed by atoms with Crippen molar-refractivity contribution in [1.82, 2.24) is 9.88 Å². The van der Waals surface area contributed by atoms with Crippen molar-refractivity contribution in [1.29, 1.82) is 0 Å². The monoisotopic (exact) mass is 281 g/mol. The Morgan fingerprint density at radius 3 is 2.38 bits per heavy atom. The molecule has 1 aliphatic rings. The molecular formula is C18H23N3. The lowest BCUT2D eigenvalue weighted by Crippen LogP contribution is -2.47. The quantitative estimate of drug-likeness (QED) is 0.859. The van der Waals surface area contributed by atoms with Crippen LogP contribution in [-0.2, 0) is 6.42 Å². The fourth-order valence-electron chi connectivity index (χ4n) is 2.78. The zero-order valence-electron chi connectivity index (χ0n) is 12.7. The lowest BCUT2D eigenvalue weighted by molar-refractivity contribution is 0.260.